The first-order valence-corrected chi connectivity index (χ1v) is 15.4. The number of methoxy groups -OCH3 is 1. The third kappa shape index (κ3) is 7.70. The van der Waals surface area contributed by atoms with Crippen LogP contribution in [-0.2, 0) is 40.8 Å². The number of rotatable bonds is 10. The number of hydrogen-bond donors (Lipinski definition) is 3. The van der Waals surface area contributed by atoms with Gasteiger partial charge in [0.05, 0.1) is 28.4 Å². The fourth-order valence-electron chi connectivity index (χ4n) is 3.34. The molecule has 0 unspecified atom stereocenters. The van der Waals surface area contributed by atoms with Crippen molar-refractivity contribution in [1.82, 2.24) is 14.7 Å². The van der Waals surface area contributed by atoms with E-state index >= 15 is 0 Å². The molecule has 2 amide bonds. The van der Waals surface area contributed by atoms with E-state index in [1.54, 1.807) is 30.7 Å². The molecule has 0 aliphatic rings. The molecule has 0 bridgehead atoms. The Morgan fingerprint density at radius 1 is 0.949 bits per heavy atom. The molecule has 4 N–H and O–H groups in total. The summed E-state index contributed by atoms with van der Waals surface area (Å²) >= 11 is 0. The second kappa shape index (κ2) is 11.6. The van der Waals surface area contributed by atoms with Gasteiger partial charge in [-0.2, -0.15) is 13.4 Å². The highest BCUT2D eigenvalue weighted by molar-refractivity contribution is 7.90. The van der Waals surface area contributed by atoms with Crippen LogP contribution < -0.4 is 19.9 Å². The van der Waals surface area contributed by atoms with Crippen LogP contribution in [0, 0.1) is 13.8 Å². The molecule has 2 aromatic carbocycles. The number of nitrogens with zero attached hydrogens (tertiary/aromatic N) is 2. The topological polar surface area (TPSA) is 214 Å². The molecule has 3 rings (SSSR count). The number of carbonyl (C=O) groups is 1. The number of aromatic nitrogens is 2. The van der Waals surface area contributed by atoms with Gasteiger partial charge in [-0.25, -0.2) is 36.5 Å². The summed E-state index contributed by atoms with van der Waals surface area (Å²) in [6, 6.07) is 9.18. The van der Waals surface area contributed by atoms with Crippen LogP contribution in [0.15, 0.2) is 63.2 Å². The second-order valence-electron chi connectivity index (χ2n) is 8.05. The van der Waals surface area contributed by atoms with Crippen LogP contribution in [0.1, 0.15) is 16.8 Å². The van der Waals surface area contributed by atoms with Gasteiger partial charge in [0, 0.05) is 11.8 Å². The van der Waals surface area contributed by atoms with E-state index in [4.69, 9.17) is 14.1 Å². The van der Waals surface area contributed by atoms with Crippen molar-refractivity contribution in [2.45, 2.75) is 35.0 Å². The standard InChI is InChI=1S/C22H25N5O9S3/c1-14-7-9-16(10-8-14)39(33,34)36-12-11-17-18(37(23,29)30)5-4-6-19(17)38(31,32)27-22(28)26-21-24-15(2)13-20(25-21)35-3/h4-10,13H,11-12H2,1-3H3,(H2,23,29,30)(H2,24,25,26,27,28). The maximum atomic E-state index is 13.1. The van der Waals surface area contributed by atoms with Crippen molar-refractivity contribution in [2.75, 3.05) is 19.0 Å². The van der Waals surface area contributed by atoms with Gasteiger partial charge < -0.3 is 4.74 Å². The quantitative estimate of drug-likeness (QED) is 0.282. The molecule has 14 nitrogen and oxygen atoms in total. The summed E-state index contributed by atoms with van der Waals surface area (Å²) in [4.78, 5) is 18.9. The van der Waals surface area contributed by atoms with E-state index in [0.717, 1.165) is 23.8 Å². The van der Waals surface area contributed by atoms with E-state index in [-0.39, 0.29) is 22.3 Å². The number of nitrogens with one attached hydrogen (secondary N) is 2. The molecule has 3 aromatic rings. The predicted molar refractivity (Wildman–Crippen MR) is 138 cm³/mol. The zero-order valence-electron chi connectivity index (χ0n) is 20.9. The number of carbonyl (C=O) groups excluding carboxylic acids is 1. The summed E-state index contributed by atoms with van der Waals surface area (Å²) in [5.41, 5.74) is 0.854. The molecular weight excluding hydrogens is 574 g/mol. The van der Waals surface area contributed by atoms with Gasteiger partial charge in [0.2, 0.25) is 21.9 Å². The van der Waals surface area contributed by atoms with Crippen LogP contribution >= 0.6 is 0 Å². The lowest BCUT2D eigenvalue weighted by Crippen LogP contribution is -2.35. The summed E-state index contributed by atoms with van der Waals surface area (Å²) in [6.45, 7) is 2.73. The van der Waals surface area contributed by atoms with Gasteiger partial charge >= 0.3 is 6.03 Å². The van der Waals surface area contributed by atoms with Crippen LogP contribution in [0.3, 0.4) is 0 Å². The average Bonchev–Trinajstić information content (AvgIpc) is 2.82. The first-order chi connectivity index (χ1) is 18.1. The summed E-state index contributed by atoms with van der Waals surface area (Å²) in [7, 11) is -12.1. The lowest BCUT2D eigenvalue weighted by molar-refractivity contribution is 0.256. The second-order valence-corrected chi connectivity index (χ2v) is 12.8. The number of hydrogen-bond acceptors (Lipinski definition) is 11. The Bertz CT molecular complexity index is 1710. The molecule has 0 fully saturated rings. The van der Waals surface area contributed by atoms with Crippen molar-refractivity contribution in [3.63, 3.8) is 0 Å². The Morgan fingerprint density at radius 2 is 1.59 bits per heavy atom. The van der Waals surface area contributed by atoms with Crippen LogP contribution in [-0.4, -0.2) is 55.0 Å². The summed E-state index contributed by atoms with van der Waals surface area (Å²) in [5, 5.41) is 7.42. The molecule has 0 aliphatic heterocycles. The maximum Gasteiger partial charge on any atom is 0.335 e. The van der Waals surface area contributed by atoms with Crippen LogP contribution in [0.4, 0.5) is 10.7 Å². The van der Waals surface area contributed by atoms with Gasteiger partial charge in [0.25, 0.3) is 20.1 Å². The first kappa shape index (κ1) is 29.9. The molecule has 39 heavy (non-hydrogen) atoms. The number of nitrogens with two attached hydrogens (primary N) is 1. The number of aryl methyl sites for hydroxylation is 2. The number of primary sulfonamides is 1. The predicted octanol–water partition coefficient (Wildman–Crippen LogP) is 1.21. The monoisotopic (exact) mass is 599 g/mol. The highest BCUT2D eigenvalue weighted by Crippen LogP contribution is 2.25. The van der Waals surface area contributed by atoms with Gasteiger partial charge in [0.1, 0.15) is 0 Å². The van der Waals surface area contributed by atoms with E-state index in [9.17, 15) is 30.0 Å². The van der Waals surface area contributed by atoms with Crippen molar-refractivity contribution in [3.05, 3.63) is 65.4 Å². The van der Waals surface area contributed by atoms with Gasteiger partial charge in [-0.1, -0.05) is 23.8 Å². The van der Waals surface area contributed by atoms with Gasteiger partial charge in [-0.05, 0) is 50.1 Å². The Hall–Kier alpha value is -3.64. The minimum Gasteiger partial charge on any atom is -0.481 e. The fraction of sp³-hybridized carbons (Fsp3) is 0.227. The molecule has 0 saturated carbocycles. The molecule has 210 valence electrons. The van der Waals surface area contributed by atoms with Gasteiger partial charge in [0.15, 0.2) is 0 Å². The SMILES string of the molecule is COc1cc(C)nc(NC(=O)NS(=O)(=O)c2cccc(S(N)(=O)=O)c2CCOS(=O)(=O)c2ccc(C)cc2)n1. The number of amides is 2. The minimum absolute atomic E-state index is 0.115. The van der Waals surface area contributed by atoms with Crippen molar-refractivity contribution in [2.24, 2.45) is 5.14 Å². The molecule has 0 spiro atoms. The zero-order valence-corrected chi connectivity index (χ0v) is 23.4. The average molecular weight is 600 g/mol. The Labute approximate surface area is 225 Å². The molecule has 1 heterocycles. The van der Waals surface area contributed by atoms with E-state index in [1.807, 2.05) is 0 Å². The first-order valence-electron chi connectivity index (χ1n) is 11.0. The number of ether oxygens (including phenoxy) is 1. The smallest absolute Gasteiger partial charge is 0.335 e. The summed E-state index contributed by atoms with van der Waals surface area (Å²) < 4.78 is 87.4. The number of sulfonamides is 2. The fourth-order valence-corrected chi connectivity index (χ4v) is 6.34. The Balaban J connectivity index is 1.88. The lowest BCUT2D eigenvalue weighted by Gasteiger charge is -2.15. The van der Waals surface area contributed by atoms with Crippen molar-refractivity contribution >= 4 is 42.1 Å². The normalized spacial score (nSPS) is 12.1. The summed E-state index contributed by atoms with van der Waals surface area (Å²) in [6.07, 6.45) is -0.506. The molecule has 17 heteroatoms. The minimum atomic E-state index is -4.72. The third-order valence-electron chi connectivity index (χ3n) is 5.08. The van der Waals surface area contributed by atoms with Crippen molar-refractivity contribution in [1.29, 1.82) is 0 Å². The maximum absolute atomic E-state index is 13.1. The third-order valence-corrected chi connectivity index (χ3v) is 8.82. The zero-order chi connectivity index (χ0) is 29.0. The molecule has 0 radical (unpaired) electrons. The van der Waals surface area contributed by atoms with Crippen LogP contribution in [0.5, 0.6) is 5.88 Å². The number of urea groups is 1. The van der Waals surface area contributed by atoms with E-state index in [0.29, 0.717) is 5.69 Å². The lowest BCUT2D eigenvalue weighted by atomic mass is 10.1. The van der Waals surface area contributed by atoms with Gasteiger partial charge in [-0.15, -0.1) is 0 Å². The Kier molecular flexibility index (Phi) is 8.91. The van der Waals surface area contributed by atoms with Crippen molar-refractivity contribution in [3.8, 4) is 5.88 Å². The number of anilines is 1. The largest absolute Gasteiger partial charge is 0.481 e. The van der Waals surface area contributed by atoms with E-state index in [1.165, 1.54) is 25.3 Å². The highest BCUT2D eigenvalue weighted by Gasteiger charge is 2.27. The molecule has 0 saturated heterocycles. The number of benzene rings is 2. The van der Waals surface area contributed by atoms with E-state index in [2.05, 4.69) is 15.3 Å². The van der Waals surface area contributed by atoms with Crippen molar-refractivity contribution < 1.29 is 39.0 Å². The van der Waals surface area contributed by atoms with Crippen LogP contribution in [0.25, 0.3) is 0 Å². The molecule has 0 aliphatic carbocycles. The Morgan fingerprint density at radius 3 is 2.21 bits per heavy atom. The molecular formula is C22H25N5O9S3. The van der Waals surface area contributed by atoms with Crippen LogP contribution in [0.2, 0.25) is 0 Å². The molecule has 0 atom stereocenters. The van der Waals surface area contributed by atoms with Gasteiger partial charge in [-0.3, -0.25) is 9.50 Å². The highest BCUT2D eigenvalue weighted by atomic mass is 32.2. The van der Waals surface area contributed by atoms with E-state index < -0.39 is 59.0 Å². The molecule has 1 aromatic heterocycles. The summed E-state index contributed by atoms with van der Waals surface area (Å²) in [5.74, 6) is -0.142.